The summed E-state index contributed by atoms with van der Waals surface area (Å²) in [6.07, 6.45) is 2.51. The predicted octanol–water partition coefficient (Wildman–Crippen LogP) is 1.42. The Morgan fingerprint density at radius 1 is 1.32 bits per heavy atom. The molecule has 1 aromatic carbocycles. The van der Waals surface area contributed by atoms with Crippen LogP contribution in [0.15, 0.2) is 18.2 Å². The Morgan fingerprint density at radius 3 is 2.82 bits per heavy atom. The number of nitrogens with two attached hydrogens (primary N) is 1. The van der Waals surface area contributed by atoms with Crippen LogP contribution in [0.4, 0.5) is 11.8 Å². The van der Waals surface area contributed by atoms with Crippen molar-refractivity contribution >= 4 is 28.6 Å². The summed E-state index contributed by atoms with van der Waals surface area (Å²) in [5, 5.41) is 13.0. The van der Waals surface area contributed by atoms with Crippen LogP contribution in [0.5, 0.6) is 0 Å². The van der Waals surface area contributed by atoms with Crippen molar-refractivity contribution in [2.75, 3.05) is 37.2 Å². The van der Waals surface area contributed by atoms with Crippen molar-refractivity contribution in [3.05, 3.63) is 23.8 Å². The number of fused-ring (bicyclic) bond motifs is 1. The molecule has 1 fully saturated rings. The Bertz CT molecular complexity index is 698. The Kier molecular flexibility index (Phi) is 4.06. The molecule has 1 aliphatic heterocycles. The van der Waals surface area contributed by atoms with E-state index in [1.54, 1.807) is 12.1 Å². The lowest BCUT2D eigenvalue weighted by atomic mass is 10.1. The molecule has 0 aliphatic carbocycles. The van der Waals surface area contributed by atoms with Crippen LogP contribution in [0.25, 0.3) is 10.9 Å². The molecule has 0 unspecified atom stereocenters. The zero-order valence-corrected chi connectivity index (χ0v) is 12.2. The minimum absolute atomic E-state index is 0.180. The van der Waals surface area contributed by atoms with Crippen LogP contribution in [0.2, 0.25) is 0 Å². The fourth-order valence-corrected chi connectivity index (χ4v) is 2.75. The quantitative estimate of drug-likeness (QED) is 0.767. The van der Waals surface area contributed by atoms with Crippen LogP contribution < -0.4 is 11.1 Å². The highest BCUT2D eigenvalue weighted by Gasteiger charge is 2.12. The molecule has 0 spiro atoms. The van der Waals surface area contributed by atoms with E-state index in [0.29, 0.717) is 16.7 Å². The molecular formula is C15H19N5O2. The summed E-state index contributed by atoms with van der Waals surface area (Å²) in [5.74, 6) is -0.203. The normalized spacial score (nSPS) is 15.3. The van der Waals surface area contributed by atoms with Gasteiger partial charge < -0.3 is 21.1 Å². The lowest BCUT2D eigenvalue weighted by molar-refractivity contribution is 0.0697. The number of likely N-dealkylation sites (tertiary alicyclic amines) is 1. The van der Waals surface area contributed by atoms with E-state index in [0.717, 1.165) is 26.2 Å². The van der Waals surface area contributed by atoms with Crippen LogP contribution in [-0.4, -0.2) is 52.1 Å². The third-order valence-electron chi connectivity index (χ3n) is 3.88. The summed E-state index contributed by atoms with van der Waals surface area (Å²) < 4.78 is 0. The van der Waals surface area contributed by atoms with E-state index in [-0.39, 0.29) is 11.5 Å². The molecule has 0 saturated carbocycles. The van der Waals surface area contributed by atoms with Gasteiger partial charge in [0.1, 0.15) is 5.82 Å². The topological polar surface area (TPSA) is 104 Å². The van der Waals surface area contributed by atoms with Crippen molar-refractivity contribution in [3.8, 4) is 0 Å². The number of hydrogen-bond donors (Lipinski definition) is 3. The van der Waals surface area contributed by atoms with Gasteiger partial charge in [0.15, 0.2) is 0 Å². The number of hydrogen-bond acceptors (Lipinski definition) is 6. The predicted molar refractivity (Wildman–Crippen MR) is 85.1 cm³/mol. The van der Waals surface area contributed by atoms with Crippen LogP contribution in [0.3, 0.4) is 0 Å². The molecule has 1 aliphatic rings. The number of carboxylic acids is 1. The van der Waals surface area contributed by atoms with Gasteiger partial charge in [-0.15, -0.1) is 0 Å². The highest BCUT2D eigenvalue weighted by atomic mass is 16.4. The Labute approximate surface area is 128 Å². The average Bonchev–Trinajstić information content (AvgIpc) is 2.99. The molecule has 0 amide bonds. The van der Waals surface area contributed by atoms with Gasteiger partial charge >= 0.3 is 5.97 Å². The van der Waals surface area contributed by atoms with Crippen molar-refractivity contribution in [2.24, 2.45) is 0 Å². The molecule has 116 valence electrons. The molecule has 3 rings (SSSR count). The molecule has 22 heavy (non-hydrogen) atoms. The first-order valence-corrected chi connectivity index (χ1v) is 7.40. The van der Waals surface area contributed by atoms with Crippen LogP contribution in [0.1, 0.15) is 23.2 Å². The Balaban J connectivity index is 1.82. The molecule has 0 bridgehead atoms. The molecule has 1 aromatic heterocycles. The summed E-state index contributed by atoms with van der Waals surface area (Å²) >= 11 is 0. The van der Waals surface area contributed by atoms with E-state index in [1.807, 2.05) is 0 Å². The first-order chi connectivity index (χ1) is 10.6. The molecule has 7 heteroatoms. The van der Waals surface area contributed by atoms with Crippen LogP contribution >= 0.6 is 0 Å². The minimum Gasteiger partial charge on any atom is -0.478 e. The molecule has 0 atom stereocenters. The smallest absolute Gasteiger partial charge is 0.335 e. The Morgan fingerprint density at radius 2 is 2.09 bits per heavy atom. The van der Waals surface area contributed by atoms with Crippen molar-refractivity contribution in [1.29, 1.82) is 0 Å². The number of anilines is 2. The lowest BCUT2D eigenvalue weighted by Gasteiger charge is -2.16. The SMILES string of the molecule is Nc1nc(NCCN2CCCC2)c2cc(C(=O)O)ccc2n1. The maximum absolute atomic E-state index is 11.1. The standard InChI is InChI=1S/C15H19N5O2/c16-15-18-12-4-3-10(14(21)22)9-11(12)13(19-15)17-5-8-20-6-1-2-7-20/h3-4,9H,1-2,5-8H2,(H,21,22)(H3,16,17,18,19). The third kappa shape index (κ3) is 3.09. The monoisotopic (exact) mass is 301 g/mol. The number of aromatic carboxylic acids is 1. The van der Waals surface area contributed by atoms with Gasteiger partial charge in [-0.1, -0.05) is 0 Å². The van der Waals surface area contributed by atoms with Gasteiger partial charge in [-0.2, -0.15) is 4.98 Å². The summed E-state index contributed by atoms with van der Waals surface area (Å²) in [6.45, 7) is 3.95. The number of rotatable bonds is 5. The number of carbonyl (C=O) groups is 1. The number of nitrogen functional groups attached to an aromatic ring is 1. The lowest BCUT2D eigenvalue weighted by Crippen LogP contribution is -2.26. The minimum atomic E-state index is -0.971. The number of nitrogens with one attached hydrogen (secondary N) is 1. The zero-order valence-electron chi connectivity index (χ0n) is 12.2. The zero-order chi connectivity index (χ0) is 15.5. The van der Waals surface area contributed by atoms with Crippen molar-refractivity contribution in [3.63, 3.8) is 0 Å². The summed E-state index contributed by atoms with van der Waals surface area (Å²) in [6, 6.07) is 4.75. The van der Waals surface area contributed by atoms with E-state index in [1.165, 1.54) is 18.9 Å². The van der Waals surface area contributed by atoms with Gasteiger partial charge in [0.25, 0.3) is 0 Å². The Hall–Kier alpha value is -2.41. The molecular weight excluding hydrogens is 282 g/mol. The second-order valence-corrected chi connectivity index (χ2v) is 5.44. The highest BCUT2D eigenvalue weighted by Crippen LogP contribution is 2.22. The number of benzene rings is 1. The first kappa shape index (κ1) is 14.5. The van der Waals surface area contributed by atoms with Gasteiger partial charge in [0.05, 0.1) is 11.1 Å². The van der Waals surface area contributed by atoms with Gasteiger partial charge in [-0.25, -0.2) is 9.78 Å². The van der Waals surface area contributed by atoms with Gasteiger partial charge in [-0.05, 0) is 44.1 Å². The largest absolute Gasteiger partial charge is 0.478 e. The van der Waals surface area contributed by atoms with E-state index < -0.39 is 5.97 Å². The van der Waals surface area contributed by atoms with Gasteiger partial charge in [-0.3, -0.25) is 0 Å². The van der Waals surface area contributed by atoms with E-state index >= 15 is 0 Å². The van der Waals surface area contributed by atoms with E-state index in [4.69, 9.17) is 10.8 Å². The molecule has 2 aromatic rings. The maximum atomic E-state index is 11.1. The fraction of sp³-hybridized carbons (Fsp3) is 0.400. The summed E-state index contributed by atoms with van der Waals surface area (Å²) in [7, 11) is 0. The molecule has 1 saturated heterocycles. The first-order valence-electron chi connectivity index (χ1n) is 7.40. The highest BCUT2D eigenvalue weighted by molar-refractivity contribution is 5.97. The summed E-state index contributed by atoms with van der Waals surface area (Å²) in [4.78, 5) is 21.9. The second kappa shape index (κ2) is 6.15. The van der Waals surface area contributed by atoms with E-state index in [9.17, 15) is 4.79 Å². The van der Waals surface area contributed by atoms with Crippen molar-refractivity contribution < 1.29 is 9.90 Å². The molecule has 2 heterocycles. The van der Waals surface area contributed by atoms with Gasteiger partial charge in [0.2, 0.25) is 5.95 Å². The molecule has 0 radical (unpaired) electrons. The average molecular weight is 301 g/mol. The van der Waals surface area contributed by atoms with Crippen molar-refractivity contribution in [2.45, 2.75) is 12.8 Å². The fourth-order valence-electron chi connectivity index (χ4n) is 2.75. The van der Waals surface area contributed by atoms with Gasteiger partial charge in [0, 0.05) is 18.5 Å². The molecule has 7 nitrogen and oxygen atoms in total. The number of aromatic nitrogens is 2. The molecule has 4 N–H and O–H groups in total. The van der Waals surface area contributed by atoms with Crippen LogP contribution in [0, 0.1) is 0 Å². The second-order valence-electron chi connectivity index (χ2n) is 5.44. The number of carboxylic acid groups (broad SMARTS) is 1. The van der Waals surface area contributed by atoms with Crippen molar-refractivity contribution in [1.82, 2.24) is 14.9 Å². The van der Waals surface area contributed by atoms with E-state index in [2.05, 4.69) is 20.2 Å². The number of nitrogens with zero attached hydrogens (tertiary/aromatic N) is 3. The maximum Gasteiger partial charge on any atom is 0.335 e. The third-order valence-corrected chi connectivity index (χ3v) is 3.88. The van der Waals surface area contributed by atoms with Crippen LogP contribution in [-0.2, 0) is 0 Å². The summed E-state index contributed by atoms with van der Waals surface area (Å²) in [5.41, 5.74) is 6.58.